The molecule has 20 heavy (non-hydrogen) atoms. The first-order chi connectivity index (χ1) is 9.54. The molecule has 0 aromatic heterocycles. The van der Waals surface area contributed by atoms with Crippen LogP contribution in [0.4, 0.5) is 4.39 Å². The first-order valence-electron chi connectivity index (χ1n) is 7.45. The molecule has 1 fully saturated rings. The number of nitrogens with one attached hydrogen (secondary N) is 1. The Bertz CT molecular complexity index is 632. The number of benzene rings is 2. The molecule has 0 radical (unpaired) electrons. The van der Waals surface area contributed by atoms with Gasteiger partial charge >= 0.3 is 0 Å². The van der Waals surface area contributed by atoms with E-state index < -0.39 is 0 Å². The SMILES string of the molecule is CCNC(c1ccc(F)c2ccccc12)C1CC1(C)C. The molecule has 0 bridgehead atoms. The van der Waals surface area contributed by atoms with Gasteiger partial charge in [0.05, 0.1) is 0 Å². The maximum atomic E-state index is 14.0. The van der Waals surface area contributed by atoms with Crippen molar-refractivity contribution in [3.63, 3.8) is 0 Å². The van der Waals surface area contributed by atoms with Gasteiger partial charge in [-0.2, -0.15) is 0 Å². The zero-order valence-corrected chi connectivity index (χ0v) is 12.4. The highest BCUT2D eigenvalue weighted by Crippen LogP contribution is 2.58. The van der Waals surface area contributed by atoms with Gasteiger partial charge in [0.15, 0.2) is 0 Å². The fourth-order valence-corrected chi connectivity index (χ4v) is 3.32. The summed E-state index contributed by atoms with van der Waals surface area (Å²) in [6.45, 7) is 7.69. The van der Waals surface area contributed by atoms with E-state index in [0.29, 0.717) is 17.4 Å². The van der Waals surface area contributed by atoms with Crippen LogP contribution >= 0.6 is 0 Å². The molecule has 0 spiro atoms. The lowest BCUT2D eigenvalue weighted by Gasteiger charge is -2.22. The molecule has 1 nitrogen and oxygen atoms in total. The minimum absolute atomic E-state index is 0.130. The summed E-state index contributed by atoms with van der Waals surface area (Å²) >= 11 is 0. The Kier molecular flexibility index (Phi) is 3.29. The highest BCUT2D eigenvalue weighted by molar-refractivity contribution is 5.86. The lowest BCUT2D eigenvalue weighted by atomic mass is 9.92. The molecule has 2 aromatic carbocycles. The van der Waals surface area contributed by atoms with E-state index in [1.165, 1.54) is 12.0 Å². The van der Waals surface area contributed by atoms with Crippen LogP contribution in [0.3, 0.4) is 0 Å². The van der Waals surface area contributed by atoms with E-state index in [-0.39, 0.29) is 5.82 Å². The van der Waals surface area contributed by atoms with Crippen molar-refractivity contribution >= 4 is 10.8 Å². The van der Waals surface area contributed by atoms with Crippen LogP contribution in [0.15, 0.2) is 36.4 Å². The number of rotatable bonds is 4. The summed E-state index contributed by atoms with van der Waals surface area (Å²) in [5.41, 5.74) is 1.63. The third-order valence-corrected chi connectivity index (χ3v) is 4.66. The molecule has 0 saturated heterocycles. The molecule has 1 aliphatic rings. The van der Waals surface area contributed by atoms with Crippen molar-refractivity contribution in [3.8, 4) is 0 Å². The molecule has 1 N–H and O–H groups in total. The van der Waals surface area contributed by atoms with Crippen LogP contribution < -0.4 is 5.32 Å². The van der Waals surface area contributed by atoms with Crippen LogP contribution in [-0.4, -0.2) is 6.54 Å². The van der Waals surface area contributed by atoms with Crippen LogP contribution in [0.2, 0.25) is 0 Å². The number of halogens is 1. The maximum Gasteiger partial charge on any atom is 0.131 e. The van der Waals surface area contributed by atoms with Crippen molar-refractivity contribution in [1.29, 1.82) is 0 Å². The van der Waals surface area contributed by atoms with Crippen molar-refractivity contribution in [2.75, 3.05) is 6.54 Å². The Morgan fingerprint density at radius 2 is 1.85 bits per heavy atom. The molecule has 2 aromatic rings. The summed E-state index contributed by atoms with van der Waals surface area (Å²) in [5.74, 6) is 0.506. The monoisotopic (exact) mass is 271 g/mol. The van der Waals surface area contributed by atoms with E-state index in [1.807, 2.05) is 30.3 Å². The summed E-state index contributed by atoms with van der Waals surface area (Å²) in [6.07, 6.45) is 1.23. The predicted octanol–water partition coefficient (Wildman–Crippen LogP) is 4.68. The molecule has 0 amide bonds. The molecule has 1 aliphatic carbocycles. The standard InChI is InChI=1S/C18H22FN/c1-4-20-17(15-11-18(15,2)3)14-9-10-16(19)13-8-6-5-7-12(13)14/h5-10,15,17,20H,4,11H2,1-3H3. The molecule has 0 heterocycles. The minimum Gasteiger partial charge on any atom is -0.310 e. The van der Waals surface area contributed by atoms with E-state index in [0.717, 1.165) is 17.3 Å². The lowest BCUT2D eigenvalue weighted by Crippen LogP contribution is -2.24. The molecule has 106 valence electrons. The molecule has 1 saturated carbocycles. The third-order valence-electron chi connectivity index (χ3n) is 4.66. The molecule has 0 aliphatic heterocycles. The molecular formula is C18H22FN. The van der Waals surface area contributed by atoms with Crippen molar-refractivity contribution in [2.24, 2.45) is 11.3 Å². The Balaban J connectivity index is 2.10. The van der Waals surface area contributed by atoms with E-state index in [1.54, 1.807) is 6.07 Å². The van der Waals surface area contributed by atoms with Gasteiger partial charge in [-0.15, -0.1) is 0 Å². The van der Waals surface area contributed by atoms with Gasteiger partial charge in [-0.25, -0.2) is 4.39 Å². The van der Waals surface area contributed by atoms with Crippen LogP contribution in [0.1, 0.15) is 38.8 Å². The second-order valence-corrected chi connectivity index (χ2v) is 6.52. The fraction of sp³-hybridized carbons (Fsp3) is 0.444. The van der Waals surface area contributed by atoms with Gasteiger partial charge < -0.3 is 5.32 Å². The summed E-state index contributed by atoms with van der Waals surface area (Å²) in [4.78, 5) is 0. The van der Waals surface area contributed by atoms with Gasteiger partial charge in [0.25, 0.3) is 0 Å². The van der Waals surface area contributed by atoms with Gasteiger partial charge in [-0.05, 0) is 41.3 Å². The van der Waals surface area contributed by atoms with Crippen molar-refractivity contribution in [2.45, 2.75) is 33.2 Å². The smallest absolute Gasteiger partial charge is 0.131 e. The second-order valence-electron chi connectivity index (χ2n) is 6.52. The Labute approximate surface area is 120 Å². The van der Waals surface area contributed by atoms with Crippen molar-refractivity contribution in [1.82, 2.24) is 5.32 Å². The number of hydrogen-bond donors (Lipinski definition) is 1. The average molecular weight is 271 g/mol. The number of hydrogen-bond acceptors (Lipinski definition) is 1. The quantitative estimate of drug-likeness (QED) is 0.851. The summed E-state index contributed by atoms with van der Waals surface area (Å²) < 4.78 is 14.0. The van der Waals surface area contributed by atoms with Crippen LogP contribution in [0.25, 0.3) is 10.8 Å². The second kappa shape index (κ2) is 4.85. The van der Waals surface area contributed by atoms with Gasteiger partial charge in [0.2, 0.25) is 0 Å². The highest BCUT2D eigenvalue weighted by atomic mass is 19.1. The molecule has 2 unspecified atom stereocenters. The minimum atomic E-state index is -0.130. The lowest BCUT2D eigenvalue weighted by molar-refractivity contribution is 0.425. The Hall–Kier alpha value is -1.41. The first-order valence-corrected chi connectivity index (χ1v) is 7.45. The van der Waals surface area contributed by atoms with Gasteiger partial charge in [-0.1, -0.05) is 51.1 Å². The third kappa shape index (κ3) is 2.22. The zero-order chi connectivity index (χ0) is 14.3. The fourth-order valence-electron chi connectivity index (χ4n) is 3.32. The predicted molar refractivity (Wildman–Crippen MR) is 82.2 cm³/mol. The van der Waals surface area contributed by atoms with E-state index in [2.05, 4.69) is 26.1 Å². The Morgan fingerprint density at radius 1 is 1.20 bits per heavy atom. The average Bonchev–Trinajstić information content (AvgIpc) is 3.06. The number of fused-ring (bicyclic) bond motifs is 1. The molecular weight excluding hydrogens is 249 g/mol. The van der Waals surface area contributed by atoms with Crippen LogP contribution in [0.5, 0.6) is 0 Å². The topological polar surface area (TPSA) is 12.0 Å². The van der Waals surface area contributed by atoms with Crippen molar-refractivity contribution < 1.29 is 4.39 Å². The van der Waals surface area contributed by atoms with E-state index in [9.17, 15) is 4.39 Å². The van der Waals surface area contributed by atoms with Gasteiger partial charge in [-0.3, -0.25) is 0 Å². The largest absolute Gasteiger partial charge is 0.310 e. The van der Waals surface area contributed by atoms with Crippen molar-refractivity contribution in [3.05, 3.63) is 47.8 Å². The van der Waals surface area contributed by atoms with Crippen LogP contribution in [0, 0.1) is 17.2 Å². The molecule has 3 rings (SSSR count). The van der Waals surface area contributed by atoms with Gasteiger partial charge in [0.1, 0.15) is 5.82 Å². The highest BCUT2D eigenvalue weighted by Gasteiger charge is 2.50. The summed E-state index contributed by atoms with van der Waals surface area (Å²) in [6, 6.07) is 11.7. The molecule has 2 heteroatoms. The normalized spacial score (nSPS) is 21.9. The first kappa shape index (κ1) is 13.6. The van der Waals surface area contributed by atoms with E-state index in [4.69, 9.17) is 0 Å². The molecule has 2 atom stereocenters. The zero-order valence-electron chi connectivity index (χ0n) is 12.4. The summed E-state index contributed by atoms with van der Waals surface area (Å²) in [5, 5.41) is 5.38. The van der Waals surface area contributed by atoms with Crippen LogP contribution in [-0.2, 0) is 0 Å². The summed E-state index contributed by atoms with van der Waals surface area (Å²) in [7, 11) is 0. The Morgan fingerprint density at radius 3 is 2.45 bits per heavy atom. The van der Waals surface area contributed by atoms with E-state index >= 15 is 0 Å². The maximum absolute atomic E-state index is 14.0. The van der Waals surface area contributed by atoms with Gasteiger partial charge in [0, 0.05) is 11.4 Å².